The van der Waals surface area contributed by atoms with Crippen molar-refractivity contribution in [2.24, 2.45) is 0 Å². The highest BCUT2D eigenvalue weighted by Gasteiger charge is 2.20. The van der Waals surface area contributed by atoms with Gasteiger partial charge in [-0.05, 0) is 57.0 Å². The standard InChI is InChI=1S/C22H25NO6/c1-7-16-10-14(4)18(11-19(16)26-6)17-9-8-15(5)23-20(17)21(24)27-12-28-22(25)29-13(2)3/h7-11,13H,1,12H2,2-6H3. The number of methoxy groups -OCH3 is 1. The average Bonchev–Trinajstić information content (AvgIpc) is 2.67. The molecule has 154 valence electrons. The van der Waals surface area contributed by atoms with E-state index in [1.807, 2.05) is 19.1 Å². The summed E-state index contributed by atoms with van der Waals surface area (Å²) in [5.41, 5.74) is 3.87. The van der Waals surface area contributed by atoms with Gasteiger partial charge in [-0.2, -0.15) is 0 Å². The third kappa shape index (κ3) is 5.57. The van der Waals surface area contributed by atoms with Crippen molar-refractivity contribution in [3.63, 3.8) is 0 Å². The summed E-state index contributed by atoms with van der Waals surface area (Å²) in [7, 11) is 1.57. The molecule has 0 aliphatic heterocycles. The molecule has 0 spiro atoms. The Hall–Kier alpha value is -3.35. The van der Waals surface area contributed by atoms with E-state index >= 15 is 0 Å². The molecule has 0 aliphatic rings. The summed E-state index contributed by atoms with van der Waals surface area (Å²) in [4.78, 5) is 28.4. The fourth-order valence-electron chi connectivity index (χ4n) is 2.69. The molecule has 7 heteroatoms. The Bertz CT molecular complexity index is 920. The molecule has 0 fully saturated rings. The van der Waals surface area contributed by atoms with Crippen molar-refractivity contribution >= 4 is 18.2 Å². The molecule has 0 N–H and O–H groups in total. The quantitative estimate of drug-likeness (QED) is 0.493. The van der Waals surface area contributed by atoms with Gasteiger partial charge in [0.15, 0.2) is 5.69 Å². The van der Waals surface area contributed by atoms with Crippen LogP contribution >= 0.6 is 0 Å². The maximum absolute atomic E-state index is 12.6. The van der Waals surface area contributed by atoms with Gasteiger partial charge in [0.25, 0.3) is 0 Å². The molecule has 1 heterocycles. The van der Waals surface area contributed by atoms with E-state index in [4.69, 9.17) is 18.9 Å². The zero-order valence-electron chi connectivity index (χ0n) is 17.3. The lowest BCUT2D eigenvalue weighted by molar-refractivity contribution is -0.0347. The number of hydrogen-bond acceptors (Lipinski definition) is 7. The monoisotopic (exact) mass is 399 g/mol. The first kappa shape index (κ1) is 21.9. The predicted octanol–water partition coefficient (Wildman–Crippen LogP) is 4.69. The normalized spacial score (nSPS) is 10.4. The minimum absolute atomic E-state index is 0.113. The van der Waals surface area contributed by atoms with Crippen LogP contribution in [0, 0.1) is 13.8 Å². The summed E-state index contributed by atoms with van der Waals surface area (Å²) in [5.74, 6) is -0.0903. The molecular weight excluding hydrogens is 374 g/mol. The highest BCUT2D eigenvalue weighted by molar-refractivity contribution is 5.96. The molecule has 0 radical (unpaired) electrons. The Balaban J connectivity index is 2.31. The van der Waals surface area contributed by atoms with Crippen molar-refractivity contribution < 1.29 is 28.5 Å². The first-order chi connectivity index (χ1) is 13.8. The summed E-state index contributed by atoms with van der Waals surface area (Å²) >= 11 is 0. The van der Waals surface area contributed by atoms with Crippen LogP contribution in [0.25, 0.3) is 17.2 Å². The van der Waals surface area contributed by atoms with Crippen LogP contribution in [0.5, 0.6) is 5.75 Å². The van der Waals surface area contributed by atoms with Crippen molar-refractivity contribution in [3.05, 3.63) is 53.4 Å². The van der Waals surface area contributed by atoms with E-state index in [2.05, 4.69) is 11.6 Å². The second-order valence-electron chi connectivity index (χ2n) is 6.57. The summed E-state index contributed by atoms with van der Waals surface area (Å²) in [6.45, 7) is 10.3. The highest BCUT2D eigenvalue weighted by Crippen LogP contribution is 2.33. The number of aromatic nitrogens is 1. The van der Waals surface area contributed by atoms with Crippen LogP contribution < -0.4 is 4.74 Å². The number of aryl methyl sites for hydroxylation is 2. The predicted molar refractivity (Wildman–Crippen MR) is 109 cm³/mol. The number of nitrogens with zero attached hydrogens (tertiary/aromatic N) is 1. The van der Waals surface area contributed by atoms with Crippen LogP contribution in [0.2, 0.25) is 0 Å². The third-order valence-electron chi connectivity index (χ3n) is 4.01. The van der Waals surface area contributed by atoms with Gasteiger partial charge in [0.1, 0.15) is 5.75 Å². The first-order valence-electron chi connectivity index (χ1n) is 9.06. The second-order valence-corrected chi connectivity index (χ2v) is 6.57. The van der Waals surface area contributed by atoms with Crippen LogP contribution in [0.4, 0.5) is 4.79 Å². The maximum Gasteiger partial charge on any atom is 0.511 e. The van der Waals surface area contributed by atoms with Gasteiger partial charge in [0.05, 0.1) is 13.2 Å². The van der Waals surface area contributed by atoms with Gasteiger partial charge in [-0.25, -0.2) is 14.6 Å². The van der Waals surface area contributed by atoms with Gasteiger partial charge < -0.3 is 18.9 Å². The van der Waals surface area contributed by atoms with Crippen LogP contribution in [-0.4, -0.2) is 37.1 Å². The van der Waals surface area contributed by atoms with Crippen molar-refractivity contribution in [3.8, 4) is 16.9 Å². The van der Waals surface area contributed by atoms with E-state index in [-0.39, 0.29) is 11.8 Å². The number of benzene rings is 1. The number of carbonyl (C=O) groups excluding carboxylic acids is 2. The largest absolute Gasteiger partial charge is 0.511 e. The molecule has 1 aromatic heterocycles. The molecule has 29 heavy (non-hydrogen) atoms. The highest BCUT2D eigenvalue weighted by atomic mass is 16.8. The van der Waals surface area contributed by atoms with Gasteiger partial charge >= 0.3 is 12.1 Å². The molecule has 0 unspecified atom stereocenters. The molecule has 0 bridgehead atoms. The number of hydrogen-bond donors (Lipinski definition) is 0. The van der Waals surface area contributed by atoms with Crippen LogP contribution in [0.1, 0.15) is 41.2 Å². The first-order valence-corrected chi connectivity index (χ1v) is 9.06. The molecule has 7 nitrogen and oxygen atoms in total. The van der Waals surface area contributed by atoms with Crippen molar-refractivity contribution in [1.29, 1.82) is 0 Å². The average molecular weight is 399 g/mol. The molecule has 0 atom stereocenters. The summed E-state index contributed by atoms with van der Waals surface area (Å²) in [6.07, 6.45) is 0.455. The lowest BCUT2D eigenvalue weighted by atomic mass is 9.96. The SMILES string of the molecule is C=Cc1cc(C)c(-c2ccc(C)nc2C(=O)OCOC(=O)OC(C)C)cc1OC. The van der Waals surface area contributed by atoms with Gasteiger partial charge in [-0.3, -0.25) is 0 Å². The van der Waals surface area contributed by atoms with Crippen LogP contribution in [-0.2, 0) is 14.2 Å². The van der Waals surface area contributed by atoms with Crippen molar-refractivity contribution in [2.45, 2.75) is 33.8 Å². The van der Waals surface area contributed by atoms with Gasteiger partial charge in [0.2, 0.25) is 6.79 Å². The topological polar surface area (TPSA) is 84.0 Å². The van der Waals surface area contributed by atoms with Crippen molar-refractivity contribution in [2.75, 3.05) is 13.9 Å². The molecule has 0 aliphatic carbocycles. The molecular formula is C22H25NO6. The Kier molecular flexibility index (Phi) is 7.36. The molecule has 0 saturated carbocycles. The number of esters is 1. The van der Waals surface area contributed by atoms with Gasteiger partial charge in [-0.1, -0.05) is 18.7 Å². The molecule has 0 saturated heterocycles. The minimum Gasteiger partial charge on any atom is -0.496 e. The van der Waals surface area contributed by atoms with Crippen LogP contribution in [0.15, 0.2) is 30.8 Å². The number of rotatable bonds is 7. The fraction of sp³-hybridized carbons (Fsp3) is 0.318. The smallest absolute Gasteiger partial charge is 0.496 e. The molecule has 1 aromatic carbocycles. The zero-order chi connectivity index (χ0) is 21.6. The maximum atomic E-state index is 12.6. The third-order valence-corrected chi connectivity index (χ3v) is 4.01. The van der Waals surface area contributed by atoms with Gasteiger partial charge in [0, 0.05) is 16.8 Å². The number of pyridine rings is 1. The lowest BCUT2D eigenvalue weighted by Gasteiger charge is -2.15. The summed E-state index contributed by atoms with van der Waals surface area (Å²) in [6, 6.07) is 7.34. The van der Waals surface area contributed by atoms with Gasteiger partial charge in [-0.15, -0.1) is 0 Å². The Morgan fingerprint density at radius 1 is 1.14 bits per heavy atom. The van der Waals surface area contributed by atoms with E-state index in [9.17, 15) is 9.59 Å². The van der Waals surface area contributed by atoms with E-state index in [1.54, 1.807) is 46.1 Å². The number of carbonyl (C=O) groups is 2. The Morgan fingerprint density at radius 2 is 1.86 bits per heavy atom. The second kappa shape index (κ2) is 9.73. The van der Waals surface area contributed by atoms with E-state index in [0.717, 1.165) is 16.7 Å². The Morgan fingerprint density at radius 3 is 2.48 bits per heavy atom. The lowest BCUT2D eigenvalue weighted by Crippen LogP contribution is -2.18. The van der Waals surface area contributed by atoms with E-state index in [1.165, 1.54) is 0 Å². The summed E-state index contributed by atoms with van der Waals surface area (Å²) < 4.78 is 20.1. The Labute approximate surface area is 170 Å². The summed E-state index contributed by atoms with van der Waals surface area (Å²) in [5, 5.41) is 0. The molecule has 2 aromatic rings. The minimum atomic E-state index is -0.911. The molecule has 0 amide bonds. The van der Waals surface area contributed by atoms with E-state index in [0.29, 0.717) is 17.0 Å². The number of ether oxygens (including phenoxy) is 4. The van der Waals surface area contributed by atoms with E-state index < -0.39 is 18.9 Å². The molecule has 2 rings (SSSR count). The van der Waals surface area contributed by atoms with Crippen molar-refractivity contribution in [1.82, 2.24) is 4.98 Å². The zero-order valence-corrected chi connectivity index (χ0v) is 17.3. The fourth-order valence-corrected chi connectivity index (χ4v) is 2.69. The van der Waals surface area contributed by atoms with Crippen LogP contribution in [0.3, 0.4) is 0 Å².